The lowest BCUT2D eigenvalue weighted by Crippen LogP contribution is -2.57. The molecule has 0 bridgehead atoms. The number of piperazine rings is 1. The minimum Gasteiger partial charge on any atom is -0.349 e. The van der Waals surface area contributed by atoms with E-state index in [1.165, 1.54) is 11.1 Å². The van der Waals surface area contributed by atoms with Crippen LogP contribution in [0.25, 0.3) is 10.7 Å². The average Bonchev–Trinajstić information content (AvgIpc) is 3.12. The predicted octanol–water partition coefficient (Wildman–Crippen LogP) is 1.77. The standard InChI is InChI=1S/C16H18F3N5OS/c17-16(18,19)13(24-7-5-20-6-8-24)10-22-14(25)12-9-23-15(26-12)11-3-1-2-4-21-11/h1-4,9,13,20H,5-8,10H2,(H,22,25). The van der Waals surface area contributed by atoms with Gasteiger partial charge in [0, 0.05) is 38.9 Å². The van der Waals surface area contributed by atoms with Crippen LogP contribution < -0.4 is 10.6 Å². The SMILES string of the molecule is O=C(NCC(N1CCNCC1)C(F)(F)F)c1cnc(-c2ccccn2)s1. The Kier molecular flexibility index (Phi) is 5.84. The zero-order valence-corrected chi connectivity index (χ0v) is 14.6. The minimum atomic E-state index is -4.41. The fraction of sp³-hybridized carbons (Fsp3) is 0.438. The Balaban J connectivity index is 1.64. The van der Waals surface area contributed by atoms with E-state index in [0.29, 0.717) is 36.9 Å². The minimum absolute atomic E-state index is 0.256. The van der Waals surface area contributed by atoms with Crippen LogP contribution in [0.1, 0.15) is 9.67 Å². The van der Waals surface area contributed by atoms with Crippen molar-refractivity contribution < 1.29 is 18.0 Å². The number of carbonyl (C=O) groups is 1. The molecule has 6 nitrogen and oxygen atoms in total. The van der Waals surface area contributed by atoms with Crippen molar-refractivity contribution in [3.63, 3.8) is 0 Å². The van der Waals surface area contributed by atoms with Crippen LogP contribution in [0.4, 0.5) is 13.2 Å². The van der Waals surface area contributed by atoms with E-state index >= 15 is 0 Å². The third-order valence-corrected chi connectivity index (χ3v) is 5.06. The van der Waals surface area contributed by atoms with E-state index in [1.54, 1.807) is 24.4 Å². The number of hydrogen-bond donors (Lipinski definition) is 2. The number of thiazole rings is 1. The van der Waals surface area contributed by atoms with Crippen molar-refractivity contribution in [3.8, 4) is 10.7 Å². The number of alkyl halides is 3. The van der Waals surface area contributed by atoms with Crippen LogP contribution in [0.5, 0.6) is 0 Å². The molecule has 0 radical (unpaired) electrons. The number of halogens is 3. The first-order chi connectivity index (χ1) is 12.4. The topological polar surface area (TPSA) is 70.2 Å². The van der Waals surface area contributed by atoms with Crippen LogP contribution in [0, 0.1) is 0 Å². The van der Waals surface area contributed by atoms with Gasteiger partial charge in [-0.25, -0.2) is 4.98 Å². The third kappa shape index (κ3) is 4.57. The summed E-state index contributed by atoms with van der Waals surface area (Å²) in [6.07, 6.45) is -1.44. The molecule has 10 heteroatoms. The molecule has 1 aliphatic heterocycles. The first-order valence-electron chi connectivity index (χ1n) is 8.12. The fourth-order valence-electron chi connectivity index (χ4n) is 2.71. The van der Waals surface area contributed by atoms with Crippen molar-refractivity contribution in [2.45, 2.75) is 12.2 Å². The number of nitrogens with one attached hydrogen (secondary N) is 2. The van der Waals surface area contributed by atoms with Crippen LogP contribution >= 0.6 is 11.3 Å². The Morgan fingerprint density at radius 1 is 1.31 bits per heavy atom. The molecule has 140 valence electrons. The van der Waals surface area contributed by atoms with E-state index in [1.807, 2.05) is 0 Å². The summed E-state index contributed by atoms with van der Waals surface area (Å²) in [5, 5.41) is 5.96. The van der Waals surface area contributed by atoms with Gasteiger partial charge in [0.15, 0.2) is 0 Å². The van der Waals surface area contributed by atoms with Gasteiger partial charge in [0.05, 0.1) is 11.9 Å². The van der Waals surface area contributed by atoms with Gasteiger partial charge in [0.25, 0.3) is 5.91 Å². The van der Waals surface area contributed by atoms with Crippen LogP contribution in [0.2, 0.25) is 0 Å². The Bertz CT molecular complexity index is 731. The highest BCUT2D eigenvalue weighted by atomic mass is 32.1. The number of amides is 1. The lowest BCUT2D eigenvalue weighted by Gasteiger charge is -2.35. The smallest absolute Gasteiger partial charge is 0.349 e. The van der Waals surface area contributed by atoms with Crippen LogP contribution in [0.15, 0.2) is 30.6 Å². The van der Waals surface area contributed by atoms with Crippen molar-refractivity contribution in [2.24, 2.45) is 0 Å². The monoisotopic (exact) mass is 385 g/mol. The van der Waals surface area contributed by atoms with Crippen LogP contribution in [-0.4, -0.2) is 65.7 Å². The third-order valence-electron chi connectivity index (χ3n) is 4.04. The molecule has 2 aromatic heterocycles. The van der Waals surface area contributed by atoms with Gasteiger partial charge in [-0.3, -0.25) is 14.7 Å². The summed E-state index contributed by atoms with van der Waals surface area (Å²) < 4.78 is 40.1. The highest BCUT2D eigenvalue weighted by molar-refractivity contribution is 7.16. The molecule has 1 fully saturated rings. The van der Waals surface area contributed by atoms with Gasteiger partial charge in [-0.15, -0.1) is 11.3 Å². The zero-order valence-electron chi connectivity index (χ0n) is 13.8. The van der Waals surface area contributed by atoms with Crippen molar-refractivity contribution in [3.05, 3.63) is 35.5 Å². The maximum Gasteiger partial charge on any atom is 0.405 e. The summed E-state index contributed by atoms with van der Waals surface area (Å²) in [6.45, 7) is 1.11. The first kappa shape index (κ1) is 18.7. The Labute approximate surface area is 152 Å². The molecule has 26 heavy (non-hydrogen) atoms. The number of rotatable bonds is 5. The van der Waals surface area contributed by atoms with E-state index in [0.717, 1.165) is 11.3 Å². The van der Waals surface area contributed by atoms with Gasteiger partial charge >= 0.3 is 6.18 Å². The predicted molar refractivity (Wildman–Crippen MR) is 92.0 cm³/mol. The van der Waals surface area contributed by atoms with Crippen LogP contribution in [-0.2, 0) is 0 Å². The summed E-state index contributed by atoms with van der Waals surface area (Å²) in [5.41, 5.74) is 0.616. The molecule has 1 amide bonds. The number of carbonyl (C=O) groups excluding carboxylic acids is 1. The van der Waals surface area contributed by atoms with E-state index in [2.05, 4.69) is 20.6 Å². The Morgan fingerprint density at radius 3 is 2.73 bits per heavy atom. The lowest BCUT2D eigenvalue weighted by atomic mass is 10.2. The number of hydrogen-bond acceptors (Lipinski definition) is 6. The number of pyridine rings is 1. The van der Waals surface area contributed by atoms with Gasteiger partial charge in [0.1, 0.15) is 15.9 Å². The van der Waals surface area contributed by atoms with Crippen molar-refractivity contribution in [1.29, 1.82) is 0 Å². The number of nitrogens with zero attached hydrogens (tertiary/aromatic N) is 3. The Morgan fingerprint density at radius 2 is 2.08 bits per heavy atom. The summed E-state index contributed by atoms with van der Waals surface area (Å²) in [7, 11) is 0. The van der Waals surface area contributed by atoms with E-state index in [9.17, 15) is 18.0 Å². The molecule has 1 saturated heterocycles. The zero-order chi connectivity index (χ0) is 18.6. The van der Waals surface area contributed by atoms with E-state index in [4.69, 9.17) is 0 Å². The highest BCUT2D eigenvalue weighted by Gasteiger charge is 2.43. The second kappa shape index (κ2) is 8.11. The molecular weight excluding hydrogens is 367 g/mol. The van der Waals surface area contributed by atoms with Gasteiger partial charge in [-0.1, -0.05) is 6.07 Å². The summed E-state index contributed by atoms with van der Waals surface area (Å²) in [5.74, 6) is -0.561. The van der Waals surface area contributed by atoms with Gasteiger partial charge < -0.3 is 10.6 Å². The molecule has 3 rings (SSSR count). The number of aromatic nitrogens is 2. The molecule has 0 aromatic carbocycles. The molecule has 1 unspecified atom stereocenters. The normalized spacial score (nSPS) is 17.0. The van der Waals surface area contributed by atoms with Gasteiger partial charge in [0.2, 0.25) is 0 Å². The first-order valence-corrected chi connectivity index (χ1v) is 8.94. The average molecular weight is 385 g/mol. The Hall–Kier alpha value is -2.04. The van der Waals surface area contributed by atoms with Gasteiger partial charge in [-0.05, 0) is 12.1 Å². The molecule has 1 atom stereocenters. The maximum atomic E-state index is 13.4. The molecular formula is C16H18F3N5OS. The second-order valence-corrected chi connectivity index (χ2v) is 6.83. The molecule has 0 saturated carbocycles. The maximum absolute atomic E-state index is 13.4. The molecule has 2 aromatic rings. The van der Waals surface area contributed by atoms with Crippen molar-refractivity contribution in [1.82, 2.24) is 25.5 Å². The van der Waals surface area contributed by atoms with Crippen molar-refractivity contribution in [2.75, 3.05) is 32.7 Å². The highest BCUT2D eigenvalue weighted by Crippen LogP contribution is 2.26. The molecule has 1 aliphatic rings. The second-order valence-electron chi connectivity index (χ2n) is 5.80. The molecule has 0 aliphatic carbocycles. The van der Waals surface area contributed by atoms with E-state index in [-0.39, 0.29) is 4.88 Å². The lowest BCUT2D eigenvalue weighted by molar-refractivity contribution is -0.183. The summed E-state index contributed by atoms with van der Waals surface area (Å²) in [6, 6.07) is 3.62. The van der Waals surface area contributed by atoms with Crippen LogP contribution in [0.3, 0.4) is 0 Å². The summed E-state index contributed by atoms with van der Waals surface area (Å²) >= 11 is 1.10. The van der Waals surface area contributed by atoms with E-state index < -0.39 is 24.7 Å². The molecule has 3 heterocycles. The van der Waals surface area contributed by atoms with Crippen molar-refractivity contribution >= 4 is 17.2 Å². The fourth-order valence-corrected chi connectivity index (χ4v) is 3.52. The molecule has 2 N–H and O–H groups in total. The summed E-state index contributed by atoms with van der Waals surface area (Å²) in [4.78, 5) is 22.1. The van der Waals surface area contributed by atoms with Gasteiger partial charge in [-0.2, -0.15) is 13.2 Å². The largest absolute Gasteiger partial charge is 0.405 e. The quantitative estimate of drug-likeness (QED) is 0.821. The molecule has 0 spiro atoms.